The zero-order valence-corrected chi connectivity index (χ0v) is 18.5. The number of carbonyl (C=O) groups is 2. The van der Waals surface area contributed by atoms with E-state index < -0.39 is 0 Å². The number of nitrogens with one attached hydrogen (secondary N) is 2. The van der Waals surface area contributed by atoms with Gasteiger partial charge < -0.3 is 15.0 Å². The SMILES string of the molecule is O=C(CCCc1cn[nH]n1)NC1CC2CCC(C1)N2C(=O)OCc1cc(Cl)cc(Cl)c1. The van der Waals surface area contributed by atoms with Crippen LogP contribution in [-0.2, 0) is 22.6 Å². The van der Waals surface area contributed by atoms with Gasteiger partial charge in [0, 0.05) is 34.6 Å². The van der Waals surface area contributed by atoms with E-state index in [0.29, 0.717) is 16.5 Å². The van der Waals surface area contributed by atoms with Crippen molar-refractivity contribution >= 4 is 35.2 Å². The van der Waals surface area contributed by atoms with E-state index in [4.69, 9.17) is 27.9 Å². The number of halogens is 2. The molecule has 8 nitrogen and oxygen atoms in total. The van der Waals surface area contributed by atoms with E-state index in [9.17, 15) is 9.59 Å². The van der Waals surface area contributed by atoms with Gasteiger partial charge in [0.05, 0.1) is 11.9 Å². The fourth-order valence-corrected chi connectivity index (χ4v) is 5.15. The first-order chi connectivity index (χ1) is 15.0. The van der Waals surface area contributed by atoms with Crippen molar-refractivity contribution in [1.82, 2.24) is 25.6 Å². The van der Waals surface area contributed by atoms with Crippen molar-refractivity contribution in [2.75, 3.05) is 0 Å². The van der Waals surface area contributed by atoms with Crippen LogP contribution >= 0.6 is 23.2 Å². The van der Waals surface area contributed by atoms with Gasteiger partial charge in [0.1, 0.15) is 6.61 Å². The van der Waals surface area contributed by atoms with Crippen LogP contribution in [0.1, 0.15) is 49.8 Å². The quantitative estimate of drug-likeness (QED) is 0.645. The fourth-order valence-electron chi connectivity index (χ4n) is 4.58. The first-order valence-electron chi connectivity index (χ1n) is 10.5. The molecule has 2 bridgehead atoms. The molecule has 166 valence electrons. The first-order valence-corrected chi connectivity index (χ1v) is 11.3. The van der Waals surface area contributed by atoms with Crippen LogP contribution in [-0.4, -0.2) is 50.4 Å². The lowest BCUT2D eigenvalue weighted by molar-refractivity contribution is -0.122. The molecule has 0 radical (unpaired) electrons. The first kappa shape index (κ1) is 21.9. The molecule has 2 saturated heterocycles. The maximum Gasteiger partial charge on any atom is 0.410 e. The molecule has 10 heteroatoms. The summed E-state index contributed by atoms with van der Waals surface area (Å²) in [4.78, 5) is 26.9. The fraction of sp³-hybridized carbons (Fsp3) is 0.524. The summed E-state index contributed by atoms with van der Waals surface area (Å²) in [6, 6.07) is 5.39. The molecule has 2 atom stereocenters. The lowest BCUT2D eigenvalue weighted by atomic mass is 9.97. The Balaban J connectivity index is 1.23. The highest BCUT2D eigenvalue weighted by atomic mass is 35.5. The lowest BCUT2D eigenvalue weighted by Crippen LogP contribution is -2.52. The second-order valence-corrected chi connectivity index (χ2v) is 9.05. The van der Waals surface area contributed by atoms with Crippen LogP contribution in [0.2, 0.25) is 10.0 Å². The Bertz CT molecular complexity index is 889. The molecule has 2 aliphatic rings. The van der Waals surface area contributed by atoms with E-state index >= 15 is 0 Å². The summed E-state index contributed by atoms with van der Waals surface area (Å²) in [7, 11) is 0. The number of nitrogens with zero attached hydrogens (tertiary/aromatic N) is 3. The number of H-pyrrole nitrogens is 1. The average Bonchev–Trinajstić information content (AvgIpc) is 3.32. The smallest absolute Gasteiger partial charge is 0.410 e. The Kier molecular flexibility index (Phi) is 6.97. The van der Waals surface area contributed by atoms with Gasteiger partial charge in [-0.15, -0.1) is 0 Å². The van der Waals surface area contributed by atoms with Crippen LogP contribution in [0.15, 0.2) is 24.4 Å². The second-order valence-electron chi connectivity index (χ2n) is 8.18. The molecule has 31 heavy (non-hydrogen) atoms. The zero-order chi connectivity index (χ0) is 21.8. The molecular weight excluding hydrogens is 441 g/mol. The third-order valence-corrected chi connectivity index (χ3v) is 6.33. The minimum atomic E-state index is -0.319. The van der Waals surface area contributed by atoms with E-state index in [1.165, 1.54) is 0 Å². The van der Waals surface area contributed by atoms with Crippen molar-refractivity contribution in [1.29, 1.82) is 0 Å². The minimum Gasteiger partial charge on any atom is -0.445 e. The van der Waals surface area contributed by atoms with Gasteiger partial charge in [0.15, 0.2) is 0 Å². The largest absolute Gasteiger partial charge is 0.445 e. The summed E-state index contributed by atoms with van der Waals surface area (Å²) in [5.74, 6) is 0.0433. The van der Waals surface area contributed by atoms with Gasteiger partial charge in [-0.3, -0.25) is 4.79 Å². The van der Waals surface area contributed by atoms with Gasteiger partial charge in [-0.05, 0) is 62.3 Å². The molecule has 2 N–H and O–H groups in total. The lowest BCUT2D eigenvalue weighted by Gasteiger charge is -2.38. The Hall–Kier alpha value is -2.32. The van der Waals surface area contributed by atoms with E-state index in [0.717, 1.165) is 49.8 Å². The van der Waals surface area contributed by atoms with E-state index in [1.54, 1.807) is 24.4 Å². The van der Waals surface area contributed by atoms with Gasteiger partial charge in [-0.1, -0.05) is 23.2 Å². The van der Waals surface area contributed by atoms with E-state index in [-0.39, 0.29) is 36.7 Å². The molecule has 2 fully saturated rings. The van der Waals surface area contributed by atoms with Crippen LogP contribution in [0.25, 0.3) is 0 Å². The summed E-state index contributed by atoms with van der Waals surface area (Å²) >= 11 is 12.0. The van der Waals surface area contributed by atoms with Crippen molar-refractivity contribution < 1.29 is 14.3 Å². The molecule has 1 aromatic heterocycles. The highest BCUT2D eigenvalue weighted by Gasteiger charge is 2.44. The van der Waals surface area contributed by atoms with Gasteiger partial charge >= 0.3 is 6.09 Å². The summed E-state index contributed by atoms with van der Waals surface area (Å²) in [5.41, 5.74) is 1.61. The number of aromatic nitrogens is 3. The number of hydrogen-bond acceptors (Lipinski definition) is 5. The van der Waals surface area contributed by atoms with Crippen molar-refractivity contribution in [3.63, 3.8) is 0 Å². The number of fused-ring (bicyclic) bond motifs is 2. The number of aryl methyl sites for hydroxylation is 1. The highest BCUT2D eigenvalue weighted by Crippen LogP contribution is 2.36. The van der Waals surface area contributed by atoms with E-state index in [1.807, 2.05) is 4.90 Å². The molecule has 3 heterocycles. The number of piperidine rings is 1. The van der Waals surface area contributed by atoms with Crippen molar-refractivity contribution in [3.05, 3.63) is 45.7 Å². The topological polar surface area (TPSA) is 100 Å². The number of rotatable bonds is 7. The number of hydrogen-bond donors (Lipinski definition) is 2. The minimum absolute atomic E-state index is 0.0433. The van der Waals surface area contributed by atoms with Crippen molar-refractivity contribution in [2.45, 2.75) is 69.7 Å². The molecule has 2 aliphatic heterocycles. The Morgan fingerprint density at radius 2 is 1.87 bits per heavy atom. The average molecular weight is 466 g/mol. The third-order valence-electron chi connectivity index (χ3n) is 5.90. The standard InChI is InChI=1S/C21H25Cl2N5O3/c22-14-6-13(7-15(23)8-14)12-31-21(30)28-18-4-5-19(28)10-17(9-18)25-20(29)3-1-2-16-11-24-27-26-16/h6-8,11,17-19H,1-5,9-10,12H2,(H,25,29)(H,24,26,27). The monoisotopic (exact) mass is 465 g/mol. The molecule has 0 spiro atoms. The van der Waals surface area contributed by atoms with Crippen molar-refractivity contribution in [3.8, 4) is 0 Å². The molecular formula is C21H25Cl2N5O3. The molecule has 2 unspecified atom stereocenters. The third kappa shape index (κ3) is 5.68. The molecule has 1 aromatic carbocycles. The summed E-state index contributed by atoms with van der Waals surface area (Å²) in [6.07, 6.45) is 6.62. The highest BCUT2D eigenvalue weighted by molar-refractivity contribution is 6.34. The number of benzene rings is 1. The maximum atomic E-state index is 12.7. The van der Waals surface area contributed by atoms with Gasteiger partial charge in [-0.25, -0.2) is 4.79 Å². The summed E-state index contributed by atoms with van der Waals surface area (Å²) in [6.45, 7) is 0.126. The predicted octanol–water partition coefficient (Wildman–Crippen LogP) is 3.88. The number of carbonyl (C=O) groups excluding carboxylic acids is 2. The Morgan fingerprint density at radius 3 is 2.52 bits per heavy atom. The zero-order valence-electron chi connectivity index (χ0n) is 17.0. The van der Waals surface area contributed by atoms with Crippen LogP contribution in [0.5, 0.6) is 0 Å². The summed E-state index contributed by atoms with van der Waals surface area (Å²) < 4.78 is 5.53. The molecule has 0 aliphatic carbocycles. The number of aromatic amines is 1. The van der Waals surface area contributed by atoms with E-state index in [2.05, 4.69) is 20.7 Å². The molecule has 0 saturated carbocycles. The van der Waals surface area contributed by atoms with Crippen LogP contribution < -0.4 is 5.32 Å². The van der Waals surface area contributed by atoms with Crippen LogP contribution in [0.3, 0.4) is 0 Å². The van der Waals surface area contributed by atoms with Gasteiger partial charge in [0.2, 0.25) is 5.91 Å². The summed E-state index contributed by atoms with van der Waals surface area (Å²) in [5, 5.41) is 14.5. The molecule has 2 aromatic rings. The van der Waals surface area contributed by atoms with Crippen molar-refractivity contribution in [2.24, 2.45) is 0 Å². The van der Waals surface area contributed by atoms with Gasteiger partial charge in [-0.2, -0.15) is 15.4 Å². The number of amides is 2. The molecule has 2 amide bonds. The number of ether oxygens (including phenoxy) is 1. The van der Waals surface area contributed by atoms with Crippen LogP contribution in [0.4, 0.5) is 4.79 Å². The predicted molar refractivity (Wildman–Crippen MR) is 116 cm³/mol. The van der Waals surface area contributed by atoms with Gasteiger partial charge in [0.25, 0.3) is 0 Å². The molecule has 4 rings (SSSR count). The van der Waals surface area contributed by atoms with Crippen LogP contribution in [0, 0.1) is 0 Å². The maximum absolute atomic E-state index is 12.7. The second kappa shape index (κ2) is 9.87. The Morgan fingerprint density at radius 1 is 1.16 bits per heavy atom. The normalized spacial score (nSPS) is 22.4. The Labute approximate surface area is 190 Å².